The summed E-state index contributed by atoms with van der Waals surface area (Å²) < 4.78 is 77.0. The molecule has 0 atom stereocenters. The van der Waals surface area contributed by atoms with Gasteiger partial charge in [0.2, 0.25) is 10.0 Å². The van der Waals surface area contributed by atoms with Crippen molar-refractivity contribution in [2.24, 2.45) is 0 Å². The average molecular weight is 357 g/mol. The molecule has 0 saturated heterocycles. The quantitative estimate of drug-likeness (QED) is 0.675. The minimum Gasteiger partial charge on any atom is -0.404 e. The number of rotatable bonds is 9. The normalized spacial score (nSPS) is 12.6. The van der Waals surface area contributed by atoms with Crippen molar-refractivity contribution in [2.45, 2.75) is 11.3 Å². The van der Waals surface area contributed by atoms with Crippen molar-refractivity contribution in [3.63, 3.8) is 0 Å². The smallest absolute Gasteiger partial charge is 0.404 e. The number of hydrogen-bond donors (Lipinski definition) is 0. The molecule has 0 N–H and O–H groups in total. The van der Waals surface area contributed by atoms with Gasteiger partial charge in [-0.15, -0.1) is 13.2 Å². The van der Waals surface area contributed by atoms with Crippen LogP contribution in [-0.2, 0) is 19.5 Å². The van der Waals surface area contributed by atoms with Gasteiger partial charge in [-0.25, -0.2) is 8.42 Å². The lowest BCUT2D eigenvalue weighted by molar-refractivity contribution is -0.275. The second kappa shape index (κ2) is 8.48. The van der Waals surface area contributed by atoms with Crippen LogP contribution in [0.25, 0.3) is 0 Å². The Kier molecular flexibility index (Phi) is 7.26. The molecule has 0 aliphatic rings. The molecule has 6 nitrogen and oxygen atoms in total. The molecule has 0 aliphatic heterocycles. The summed E-state index contributed by atoms with van der Waals surface area (Å²) in [4.78, 5) is -0.565. The average Bonchev–Trinajstić information content (AvgIpc) is 2.46. The minimum atomic E-state index is -4.99. The van der Waals surface area contributed by atoms with E-state index in [1.54, 1.807) is 0 Å². The van der Waals surface area contributed by atoms with Gasteiger partial charge in [0, 0.05) is 27.3 Å². The van der Waals surface area contributed by atoms with Crippen molar-refractivity contribution in [2.75, 3.05) is 40.5 Å². The topological polar surface area (TPSA) is 65.1 Å². The van der Waals surface area contributed by atoms with Gasteiger partial charge in [0.25, 0.3) is 0 Å². The molecule has 132 valence electrons. The van der Waals surface area contributed by atoms with Gasteiger partial charge in [-0.3, -0.25) is 0 Å². The zero-order chi connectivity index (χ0) is 17.5. The highest BCUT2D eigenvalue weighted by Crippen LogP contribution is 2.31. The van der Waals surface area contributed by atoms with Crippen LogP contribution in [0.2, 0.25) is 0 Å². The first-order chi connectivity index (χ1) is 10.7. The summed E-state index contributed by atoms with van der Waals surface area (Å²) in [6.45, 7) is 0.127. The van der Waals surface area contributed by atoms with E-state index in [0.717, 1.165) is 16.4 Å². The van der Waals surface area contributed by atoms with E-state index in [9.17, 15) is 21.6 Å². The Hall–Kier alpha value is -1.36. The molecule has 0 aliphatic carbocycles. The summed E-state index contributed by atoms with van der Waals surface area (Å²) in [7, 11) is -1.42. The SMILES string of the molecule is COCCN(CCOC)S(=O)(=O)c1ccccc1OC(F)(F)F. The number of alkyl halides is 3. The van der Waals surface area contributed by atoms with Gasteiger partial charge >= 0.3 is 6.36 Å². The summed E-state index contributed by atoms with van der Waals surface area (Å²) >= 11 is 0. The number of sulfonamides is 1. The molecule has 0 fully saturated rings. The van der Waals surface area contributed by atoms with Crippen LogP contribution in [0.3, 0.4) is 0 Å². The molecule has 0 aromatic heterocycles. The van der Waals surface area contributed by atoms with Gasteiger partial charge in [0.1, 0.15) is 10.6 Å². The Morgan fingerprint density at radius 2 is 1.57 bits per heavy atom. The molecule has 23 heavy (non-hydrogen) atoms. The van der Waals surface area contributed by atoms with Crippen molar-refractivity contribution in [3.05, 3.63) is 24.3 Å². The zero-order valence-electron chi connectivity index (χ0n) is 12.7. The molecule has 0 heterocycles. The second-order valence-corrected chi connectivity index (χ2v) is 6.29. The number of nitrogens with zero attached hydrogens (tertiary/aromatic N) is 1. The van der Waals surface area contributed by atoms with Crippen molar-refractivity contribution >= 4 is 10.0 Å². The van der Waals surface area contributed by atoms with Gasteiger partial charge in [-0.05, 0) is 12.1 Å². The minimum absolute atomic E-state index is 0.0253. The van der Waals surface area contributed by atoms with E-state index in [1.807, 2.05) is 0 Å². The lowest BCUT2D eigenvalue weighted by atomic mass is 10.3. The summed E-state index contributed by atoms with van der Waals surface area (Å²) in [5, 5.41) is 0. The third kappa shape index (κ3) is 5.98. The highest BCUT2D eigenvalue weighted by molar-refractivity contribution is 7.89. The molecular formula is C13H18F3NO5S. The number of hydrogen-bond acceptors (Lipinski definition) is 5. The van der Waals surface area contributed by atoms with Gasteiger partial charge in [-0.1, -0.05) is 12.1 Å². The molecule has 0 radical (unpaired) electrons. The molecule has 1 aromatic carbocycles. The first-order valence-electron chi connectivity index (χ1n) is 6.55. The summed E-state index contributed by atoms with van der Waals surface area (Å²) in [6, 6.07) is 4.59. The van der Waals surface area contributed by atoms with E-state index in [1.165, 1.54) is 26.4 Å². The first kappa shape index (κ1) is 19.7. The molecule has 0 bridgehead atoms. The van der Waals surface area contributed by atoms with Gasteiger partial charge in [0.15, 0.2) is 0 Å². The Morgan fingerprint density at radius 3 is 2.04 bits per heavy atom. The number of benzene rings is 1. The Bertz CT molecular complexity index is 584. The zero-order valence-corrected chi connectivity index (χ0v) is 13.5. The maximum atomic E-state index is 12.6. The van der Waals surface area contributed by atoms with Gasteiger partial charge < -0.3 is 14.2 Å². The fourth-order valence-electron chi connectivity index (χ4n) is 1.75. The number of para-hydroxylation sites is 1. The van der Waals surface area contributed by atoms with Crippen LogP contribution >= 0.6 is 0 Å². The molecule has 1 rings (SSSR count). The van der Waals surface area contributed by atoms with Crippen LogP contribution in [0.4, 0.5) is 13.2 Å². The first-order valence-corrected chi connectivity index (χ1v) is 7.99. The molecular weight excluding hydrogens is 339 g/mol. The van der Waals surface area contributed by atoms with Crippen LogP contribution in [0.15, 0.2) is 29.2 Å². The van der Waals surface area contributed by atoms with Crippen molar-refractivity contribution in [1.29, 1.82) is 0 Å². The molecule has 0 saturated carbocycles. The number of halogens is 3. The van der Waals surface area contributed by atoms with Gasteiger partial charge in [-0.2, -0.15) is 4.31 Å². The van der Waals surface area contributed by atoms with E-state index < -0.39 is 27.0 Å². The molecule has 0 unspecified atom stereocenters. The summed E-state index contributed by atoms with van der Waals surface area (Å²) in [5.74, 6) is -0.778. The maximum Gasteiger partial charge on any atom is 0.573 e. The monoisotopic (exact) mass is 357 g/mol. The highest BCUT2D eigenvalue weighted by Gasteiger charge is 2.35. The highest BCUT2D eigenvalue weighted by atomic mass is 32.2. The van der Waals surface area contributed by atoms with Crippen molar-refractivity contribution < 1.29 is 35.8 Å². The van der Waals surface area contributed by atoms with E-state index in [2.05, 4.69) is 4.74 Å². The fourth-order valence-corrected chi connectivity index (χ4v) is 3.27. The summed E-state index contributed by atoms with van der Waals surface area (Å²) in [6.07, 6.45) is -4.99. The number of methoxy groups -OCH3 is 2. The van der Waals surface area contributed by atoms with Crippen LogP contribution in [0.5, 0.6) is 5.75 Å². The van der Waals surface area contributed by atoms with E-state index in [-0.39, 0.29) is 26.3 Å². The van der Waals surface area contributed by atoms with Gasteiger partial charge in [0.05, 0.1) is 13.2 Å². The van der Waals surface area contributed by atoms with Crippen molar-refractivity contribution in [1.82, 2.24) is 4.31 Å². The lowest BCUT2D eigenvalue weighted by Gasteiger charge is -2.23. The molecule has 1 aromatic rings. The van der Waals surface area contributed by atoms with Crippen LogP contribution in [0, 0.1) is 0 Å². The third-order valence-corrected chi connectivity index (χ3v) is 4.72. The maximum absolute atomic E-state index is 12.6. The van der Waals surface area contributed by atoms with Crippen molar-refractivity contribution in [3.8, 4) is 5.75 Å². The predicted octanol–water partition coefficient (Wildman–Crippen LogP) is 1.87. The van der Waals surface area contributed by atoms with Crippen LogP contribution < -0.4 is 4.74 Å². The predicted molar refractivity (Wildman–Crippen MR) is 75.6 cm³/mol. The fraction of sp³-hybridized carbons (Fsp3) is 0.538. The Labute approximate surface area is 132 Å². The van der Waals surface area contributed by atoms with E-state index in [0.29, 0.717) is 0 Å². The molecule has 0 spiro atoms. The standard InChI is InChI=1S/C13H18F3NO5S/c1-20-9-7-17(8-10-21-2)23(18,19)12-6-4-3-5-11(12)22-13(14,15)16/h3-6H,7-10H2,1-2H3. The Morgan fingerprint density at radius 1 is 1.04 bits per heavy atom. The van der Waals surface area contributed by atoms with Crippen LogP contribution in [0.1, 0.15) is 0 Å². The largest absolute Gasteiger partial charge is 0.573 e. The molecule has 10 heteroatoms. The molecule has 0 amide bonds. The van der Waals surface area contributed by atoms with E-state index in [4.69, 9.17) is 9.47 Å². The van der Waals surface area contributed by atoms with Crippen LogP contribution in [-0.4, -0.2) is 59.6 Å². The Balaban J connectivity index is 3.18. The van der Waals surface area contributed by atoms with E-state index >= 15 is 0 Å². The third-order valence-electron chi connectivity index (χ3n) is 2.78. The summed E-state index contributed by atoms with van der Waals surface area (Å²) in [5.41, 5.74) is 0. The number of ether oxygens (including phenoxy) is 3. The lowest BCUT2D eigenvalue weighted by Crippen LogP contribution is -2.37. The second-order valence-electron chi connectivity index (χ2n) is 4.38.